The summed E-state index contributed by atoms with van der Waals surface area (Å²) < 4.78 is 13.1. The molecule has 5 heteroatoms. The first-order chi connectivity index (χ1) is 8.04. The molecule has 0 unspecified atom stereocenters. The van der Waals surface area contributed by atoms with Crippen molar-refractivity contribution in [3.8, 4) is 0 Å². The molecule has 0 atom stereocenters. The van der Waals surface area contributed by atoms with Gasteiger partial charge in [-0.1, -0.05) is 11.6 Å². The third-order valence-electron chi connectivity index (χ3n) is 2.29. The van der Waals surface area contributed by atoms with Gasteiger partial charge in [0.1, 0.15) is 11.6 Å². The Morgan fingerprint density at radius 2 is 2.06 bits per heavy atom. The molecule has 2 rings (SSSR count). The summed E-state index contributed by atoms with van der Waals surface area (Å²) in [5, 5.41) is 3.30. The van der Waals surface area contributed by atoms with Gasteiger partial charge in [0.2, 0.25) is 0 Å². The Balaban J connectivity index is 2.28. The molecule has 1 aromatic heterocycles. The summed E-state index contributed by atoms with van der Waals surface area (Å²) in [4.78, 5) is 4.09. The summed E-state index contributed by atoms with van der Waals surface area (Å²) in [7, 11) is 0. The van der Waals surface area contributed by atoms with Gasteiger partial charge in [-0.25, -0.2) is 9.37 Å². The predicted molar refractivity (Wildman–Crippen MR) is 68.1 cm³/mol. The zero-order valence-electron chi connectivity index (χ0n) is 9.17. The Kier molecular flexibility index (Phi) is 3.15. The highest BCUT2D eigenvalue weighted by Gasteiger charge is 2.02. The second-order valence-corrected chi connectivity index (χ2v) is 4.15. The fraction of sp³-hybridized carbons (Fsp3) is 0.0833. The van der Waals surface area contributed by atoms with E-state index in [-0.39, 0.29) is 0 Å². The SMILES string of the molecule is Cc1cc(Nc2cc(F)cc(Cl)c2)ncc1N. The van der Waals surface area contributed by atoms with Crippen molar-refractivity contribution in [1.29, 1.82) is 0 Å². The van der Waals surface area contributed by atoms with Crippen LogP contribution >= 0.6 is 11.6 Å². The number of anilines is 3. The molecule has 0 aliphatic heterocycles. The largest absolute Gasteiger partial charge is 0.397 e. The van der Waals surface area contributed by atoms with Crippen molar-refractivity contribution in [3.05, 3.63) is 46.9 Å². The van der Waals surface area contributed by atoms with Crippen molar-refractivity contribution in [3.63, 3.8) is 0 Å². The zero-order valence-corrected chi connectivity index (χ0v) is 9.92. The first-order valence-corrected chi connectivity index (χ1v) is 5.37. The van der Waals surface area contributed by atoms with Crippen molar-refractivity contribution in [2.45, 2.75) is 6.92 Å². The van der Waals surface area contributed by atoms with Crippen LogP contribution in [0, 0.1) is 12.7 Å². The van der Waals surface area contributed by atoms with E-state index >= 15 is 0 Å². The maximum Gasteiger partial charge on any atom is 0.130 e. The molecule has 0 aliphatic rings. The molecule has 0 fully saturated rings. The third-order valence-corrected chi connectivity index (χ3v) is 2.50. The number of halogens is 2. The summed E-state index contributed by atoms with van der Waals surface area (Å²) in [6.45, 7) is 1.88. The molecule has 0 saturated heterocycles. The van der Waals surface area contributed by atoms with E-state index in [1.165, 1.54) is 12.1 Å². The Morgan fingerprint density at radius 1 is 1.29 bits per heavy atom. The number of aryl methyl sites for hydroxylation is 1. The lowest BCUT2D eigenvalue weighted by Crippen LogP contribution is -1.97. The molecule has 0 aliphatic carbocycles. The fourth-order valence-electron chi connectivity index (χ4n) is 1.41. The van der Waals surface area contributed by atoms with Gasteiger partial charge >= 0.3 is 0 Å². The second kappa shape index (κ2) is 4.59. The van der Waals surface area contributed by atoms with E-state index in [1.807, 2.05) is 6.92 Å². The molecule has 0 spiro atoms. The normalized spacial score (nSPS) is 10.3. The summed E-state index contributed by atoms with van der Waals surface area (Å²) >= 11 is 5.75. The molecular weight excluding hydrogens is 241 g/mol. The van der Waals surface area contributed by atoms with Crippen molar-refractivity contribution in [1.82, 2.24) is 4.98 Å². The molecule has 0 radical (unpaired) electrons. The van der Waals surface area contributed by atoms with Crippen molar-refractivity contribution in [2.24, 2.45) is 0 Å². The Morgan fingerprint density at radius 3 is 2.71 bits per heavy atom. The molecule has 1 aromatic carbocycles. The third kappa shape index (κ3) is 2.85. The van der Waals surface area contributed by atoms with Gasteiger partial charge in [-0.05, 0) is 36.8 Å². The molecule has 17 heavy (non-hydrogen) atoms. The molecule has 1 heterocycles. The van der Waals surface area contributed by atoms with Crippen molar-refractivity contribution < 1.29 is 4.39 Å². The number of benzene rings is 1. The van der Waals surface area contributed by atoms with E-state index in [0.717, 1.165) is 5.56 Å². The fourth-order valence-corrected chi connectivity index (χ4v) is 1.63. The van der Waals surface area contributed by atoms with Crippen LogP contribution in [0.2, 0.25) is 5.02 Å². The first kappa shape index (κ1) is 11.7. The lowest BCUT2D eigenvalue weighted by atomic mass is 10.2. The lowest BCUT2D eigenvalue weighted by Gasteiger charge is -2.08. The molecule has 88 valence electrons. The lowest BCUT2D eigenvalue weighted by molar-refractivity contribution is 0.628. The zero-order chi connectivity index (χ0) is 12.4. The number of rotatable bonds is 2. The topological polar surface area (TPSA) is 50.9 Å². The van der Waals surface area contributed by atoms with E-state index in [1.54, 1.807) is 18.3 Å². The minimum Gasteiger partial charge on any atom is -0.397 e. The number of nitrogens with one attached hydrogen (secondary N) is 1. The van der Waals surface area contributed by atoms with Gasteiger partial charge in [0.25, 0.3) is 0 Å². The monoisotopic (exact) mass is 251 g/mol. The summed E-state index contributed by atoms with van der Waals surface area (Å²) in [6.07, 6.45) is 1.55. The minimum absolute atomic E-state index is 0.333. The second-order valence-electron chi connectivity index (χ2n) is 3.71. The smallest absolute Gasteiger partial charge is 0.130 e. The van der Waals surface area contributed by atoms with Crippen molar-refractivity contribution in [2.75, 3.05) is 11.1 Å². The van der Waals surface area contributed by atoms with E-state index in [9.17, 15) is 4.39 Å². The summed E-state index contributed by atoms with van der Waals surface area (Å²) in [5.74, 6) is 0.200. The van der Waals surface area contributed by atoms with Gasteiger partial charge in [0, 0.05) is 10.7 Å². The number of nitrogens with two attached hydrogens (primary N) is 1. The molecule has 2 aromatic rings. The Bertz CT molecular complexity index is 537. The Hall–Kier alpha value is -1.81. The van der Waals surface area contributed by atoms with Crippen LogP contribution in [0.1, 0.15) is 5.56 Å². The van der Waals surface area contributed by atoms with Gasteiger partial charge in [-0.15, -0.1) is 0 Å². The number of nitrogens with zero attached hydrogens (tertiary/aromatic N) is 1. The van der Waals surface area contributed by atoms with Crippen LogP contribution in [-0.4, -0.2) is 4.98 Å². The molecular formula is C12H11ClFN3. The molecule has 0 amide bonds. The molecule has 3 nitrogen and oxygen atoms in total. The molecule has 0 saturated carbocycles. The highest BCUT2D eigenvalue weighted by molar-refractivity contribution is 6.30. The van der Waals surface area contributed by atoms with Crippen LogP contribution in [0.5, 0.6) is 0 Å². The van der Waals surface area contributed by atoms with E-state index in [4.69, 9.17) is 17.3 Å². The predicted octanol–water partition coefficient (Wildman–Crippen LogP) is 3.51. The highest BCUT2D eigenvalue weighted by atomic mass is 35.5. The van der Waals surface area contributed by atoms with Crippen LogP contribution < -0.4 is 11.1 Å². The average molecular weight is 252 g/mol. The summed E-state index contributed by atoms with van der Waals surface area (Å²) in [5.41, 5.74) is 7.73. The number of aromatic nitrogens is 1. The van der Waals surface area contributed by atoms with Gasteiger partial charge < -0.3 is 11.1 Å². The number of pyridine rings is 1. The number of hydrogen-bond donors (Lipinski definition) is 2. The van der Waals surface area contributed by atoms with E-state index in [2.05, 4.69) is 10.3 Å². The van der Waals surface area contributed by atoms with E-state index < -0.39 is 5.82 Å². The summed E-state index contributed by atoms with van der Waals surface area (Å²) in [6, 6.07) is 6.00. The van der Waals surface area contributed by atoms with Crippen LogP contribution in [0.4, 0.5) is 21.6 Å². The van der Waals surface area contributed by atoms with Crippen LogP contribution in [-0.2, 0) is 0 Å². The van der Waals surface area contributed by atoms with Gasteiger partial charge in [-0.2, -0.15) is 0 Å². The minimum atomic E-state index is -0.396. The Labute approximate surface area is 103 Å². The van der Waals surface area contributed by atoms with E-state index in [0.29, 0.717) is 22.2 Å². The van der Waals surface area contributed by atoms with Crippen LogP contribution in [0.25, 0.3) is 0 Å². The maximum atomic E-state index is 13.1. The maximum absolute atomic E-state index is 13.1. The van der Waals surface area contributed by atoms with Gasteiger partial charge in [0.05, 0.1) is 11.9 Å². The molecule has 3 N–H and O–H groups in total. The number of hydrogen-bond acceptors (Lipinski definition) is 3. The first-order valence-electron chi connectivity index (χ1n) is 5.00. The average Bonchev–Trinajstić information content (AvgIpc) is 2.22. The van der Waals surface area contributed by atoms with Crippen LogP contribution in [0.15, 0.2) is 30.5 Å². The quantitative estimate of drug-likeness (QED) is 0.859. The van der Waals surface area contributed by atoms with Gasteiger partial charge in [0.15, 0.2) is 0 Å². The van der Waals surface area contributed by atoms with Crippen LogP contribution in [0.3, 0.4) is 0 Å². The standard InChI is InChI=1S/C12H11ClFN3/c1-7-2-12(16-6-11(7)15)17-10-4-8(13)3-9(14)5-10/h2-6H,15H2,1H3,(H,16,17). The highest BCUT2D eigenvalue weighted by Crippen LogP contribution is 2.22. The molecule has 0 bridgehead atoms. The van der Waals surface area contributed by atoms with Crippen molar-refractivity contribution >= 4 is 28.8 Å². The number of nitrogen functional groups attached to an aromatic ring is 1. The van der Waals surface area contributed by atoms with Gasteiger partial charge in [-0.3, -0.25) is 0 Å².